The van der Waals surface area contributed by atoms with Crippen LogP contribution in [0.3, 0.4) is 0 Å². The Kier molecular flexibility index (Phi) is 5.80. The Bertz CT molecular complexity index is 999. The topological polar surface area (TPSA) is 78.7 Å². The maximum absolute atomic E-state index is 14.4. The summed E-state index contributed by atoms with van der Waals surface area (Å²) < 4.78 is 14.4. The normalized spacial score (nSPS) is 21.1. The van der Waals surface area contributed by atoms with E-state index in [9.17, 15) is 19.3 Å². The summed E-state index contributed by atoms with van der Waals surface area (Å²) >= 11 is 0. The molecule has 2 aliphatic rings. The third-order valence-electron chi connectivity index (χ3n) is 6.44. The molecule has 2 heterocycles. The molecular formula is C23H27FN4O3. The molecule has 1 fully saturated rings. The van der Waals surface area contributed by atoms with Gasteiger partial charge in [0.05, 0.1) is 22.6 Å². The van der Waals surface area contributed by atoms with Gasteiger partial charge in [-0.05, 0) is 43.5 Å². The Labute approximate surface area is 181 Å². The number of carbonyl (C=O) groups excluding carboxylic acids is 1. The van der Waals surface area contributed by atoms with Gasteiger partial charge in [0, 0.05) is 43.5 Å². The minimum absolute atomic E-state index is 0.0308. The van der Waals surface area contributed by atoms with Gasteiger partial charge in [0.15, 0.2) is 0 Å². The highest BCUT2D eigenvalue weighted by atomic mass is 19.1. The van der Waals surface area contributed by atoms with Gasteiger partial charge >= 0.3 is 0 Å². The molecule has 2 aromatic rings. The van der Waals surface area contributed by atoms with Crippen LogP contribution in [0.25, 0.3) is 0 Å². The number of rotatable bonds is 5. The number of para-hydroxylation sites is 1. The van der Waals surface area contributed by atoms with E-state index in [-0.39, 0.29) is 35.4 Å². The van der Waals surface area contributed by atoms with E-state index in [0.717, 1.165) is 17.7 Å². The van der Waals surface area contributed by atoms with Crippen molar-refractivity contribution >= 4 is 23.0 Å². The zero-order chi connectivity index (χ0) is 22.1. The Morgan fingerprint density at radius 1 is 1.26 bits per heavy atom. The average molecular weight is 426 g/mol. The molecule has 0 spiro atoms. The number of anilines is 2. The predicted molar refractivity (Wildman–Crippen MR) is 118 cm³/mol. The molecule has 1 saturated heterocycles. The molecule has 2 aliphatic heterocycles. The molecule has 164 valence electrons. The molecule has 2 aromatic carbocycles. The number of nitro groups is 1. The van der Waals surface area contributed by atoms with Crippen molar-refractivity contribution in [3.63, 3.8) is 0 Å². The minimum atomic E-state index is -0.406. The number of nitrogens with zero attached hydrogens (tertiary/aromatic N) is 3. The quantitative estimate of drug-likeness (QED) is 0.585. The van der Waals surface area contributed by atoms with Crippen molar-refractivity contribution in [2.45, 2.75) is 38.8 Å². The molecule has 0 unspecified atom stereocenters. The van der Waals surface area contributed by atoms with Gasteiger partial charge in [0.25, 0.3) is 5.69 Å². The molecule has 0 aromatic heterocycles. The number of hydrogen-bond donors (Lipinski definition) is 1. The van der Waals surface area contributed by atoms with Gasteiger partial charge in [0.2, 0.25) is 5.91 Å². The number of benzene rings is 2. The molecule has 31 heavy (non-hydrogen) atoms. The minimum Gasteiger partial charge on any atom is -0.365 e. The molecule has 0 aliphatic carbocycles. The monoisotopic (exact) mass is 426 g/mol. The van der Waals surface area contributed by atoms with Crippen molar-refractivity contribution in [3.8, 4) is 0 Å². The van der Waals surface area contributed by atoms with Gasteiger partial charge in [-0.3, -0.25) is 14.9 Å². The Morgan fingerprint density at radius 2 is 2.03 bits per heavy atom. The van der Waals surface area contributed by atoms with Crippen molar-refractivity contribution in [2.75, 3.05) is 29.4 Å². The highest BCUT2D eigenvalue weighted by Crippen LogP contribution is 2.39. The third-order valence-corrected chi connectivity index (χ3v) is 6.44. The fourth-order valence-electron chi connectivity index (χ4n) is 4.60. The highest BCUT2D eigenvalue weighted by molar-refractivity contribution is 5.82. The Balaban J connectivity index is 1.69. The number of amides is 1. The second kappa shape index (κ2) is 8.53. The molecule has 1 amide bonds. The first-order valence-electron chi connectivity index (χ1n) is 10.7. The van der Waals surface area contributed by atoms with Crippen LogP contribution in [0.1, 0.15) is 25.8 Å². The van der Waals surface area contributed by atoms with Gasteiger partial charge in [-0.1, -0.05) is 19.1 Å². The van der Waals surface area contributed by atoms with E-state index in [0.29, 0.717) is 31.7 Å². The van der Waals surface area contributed by atoms with Crippen LogP contribution in [0.15, 0.2) is 42.5 Å². The molecule has 3 atom stereocenters. The maximum Gasteiger partial charge on any atom is 0.269 e. The maximum atomic E-state index is 14.4. The molecule has 0 saturated carbocycles. The van der Waals surface area contributed by atoms with Crippen LogP contribution in [-0.4, -0.2) is 42.5 Å². The van der Waals surface area contributed by atoms with Crippen LogP contribution in [0, 0.1) is 21.8 Å². The van der Waals surface area contributed by atoms with Crippen molar-refractivity contribution in [2.24, 2.45) is 5.92 Å². The SMILES string of the molecule is CC[C@H](C)NC(=O)[C@@H]1Cc2cc([N+](=O)[O-])ccc2N2CCN(c3ccccc3F)C[C@H]12. The molecule has 8 heteroatoms. The molecule has 0 bridgehead atoms. The molecule has 0 radical (unpaired) electrons. The standard InChI is InChI=1S/C23H27FN4O3/c1-3-15(2)25-23(29)18-13-16-12-17(28(30)31)8-9-20(16)27-11-10-26(14-22(18)27)21-7-5-4-6-19(21)24/h4-9,12,15,18,22H,3,10-11,13-14H2,1-2H3,(H,25,29)/t15-,18+,22+/m0/s1. The van der Waals surface area contributed by atoms with Crippen LogP contribution < -0.4 is 15.1 Å². The lowest BCUT2D eigenvalue weighted by molar-refractivity contribution is -0.384. The second-order valence-corrected chi connectivity index (χ2v) is 8.36. The van der Waals surface area contributed by atoms with Gasteiger partial charge < -0.3 is 15.1 Å². The fourth-order valence-corrected chi connectivity index (χ4v) is 4.60. The van der Waals surface area contributed by atoms with E-state index in [1.165, 1.54) is 12.1 Å². The lowest BCUT2D eigenvalue weighted by Crippen LogP contribution is -2.61. The first-order valence-corrected chi connectivity index (χ1v) is 10.7. The number of non-ortho nitro benzene ring substituents is 1. The van der Waals surface area contributed by atoms with Crippen molar-refractivity contribution in [1.29, 1.82) is 0 Å². The first kappa shape index (κ1) is 21.1. The number of hydrogen-bond acceptors (Lipinski definition) is 5. The summed E-state index contributed by atoms with van der Waals surface area (Å²) in [5.41, 5.74) is 2.31. The number of nitro benzene ring substituents is 1. The van der Waals surface area contributed by atoms with Crippen LogP contribution in [0.2, 0.25) is 0 Å². The van der Waals surface area contributed by atoms with Gasteiger partial charge in [-0.25, -0.2) is 4.39 Å². The van der Waals surface area contributed by atoms with E-state index in [4.69, 9.17) is 0 Å². The summed E-state index contributed by atoms with van der Waals surface area (Å²) in [4.78, 5) is 28.2. The zero-order valence-corrected chi connectivity index (χ0v) is 17.8. The van der Waals surface area contributed by atoms with Crippen molar-refractivity contribution in [1.82, 2.24) is 5.32 Å². The van der Waals surface area contributed by atoms with Crippen molar-refractivity contribution < 1.29 is 14.1 Å². The summed E-state index contributed by atoms with van der Waals surface area (Å²) in [5, 5.41) is 14.3. The number of carbonyl (C=O) groups is 1. The predicted octanol–water partition coefficient (Wildman–Crippen LogP) is 3.52. The van der Waals surface area contributed by atoms with Gasteiger partial charge in [-0.2, -0.15) is 0 Å². The highest BCUT2D eigenvalue weighted by Gasteiger charge is 2.42. The largest absolute Gasteiger partial charge is 0.365 e. The first-order chi connectivity index (χ1) is 14.9. The molecule has 7 nitrogen and oxygen atoms in total. The zero-order valence-electron chi connectivity index (χ0n) is 17.8. The number of fused-ring (bicyclic) bond motifs is 3. The molecular weight excluding hydrogens is 399 g/mol. The molecule has 1 N–H and O–H groups in total. The summed E-state index contributed by atoms with van der Waals surface area (Å²) in [5.74, 6) is -0.710. The summed E-state index contributed by atoms with van der Waals surface area (Å²) in [6.45, 7) is 5.70. The smallest absolute Gasteiger partial charge is 0.269 e. The number of nitrogens with one attached hydrogen (secondary N) is 1. The van der Waals surface area contributed by atoms with E-state index < -0.39 is 4.92 Å². The number of piperazine rings is 1. The number of halogens is 1. The third kappa shape index (κ3) is 4.06. The average Bonchev–Trinajstić information content (AvgIpc) is 2.77. The summed E-state index contributed by atoms with van der Waals surface area (Å²) in [7, 11) is 0. The summed E-state index contributed by atoms with van der Waals surface area (Å²) in [6.07, 6.45) is 1.24. The van der Waals surface area contributed by atoms with Crippen molar-refractivity contribution in [3.05, 3.63) is 64.0 Å². The van der Waals surface area contributed by atoms with Crippen LogP contribution in [-0.2, 0) is 11.2 Å². The van der Waals surface area contributed by atoms with Gasteiger partial charge in [-0.15, -0.1) is 0 Å². The van der Waals surface area contributed by atoms with Gasteiger partial charge in [0.1, 0.15) is 5.82 Å². The van der Waals surface area contributed by atoms with Crippen LogP contribution in [0.5, 0.6) is 0 Å². The van der Waals surface area contributed by atoms with E-state index in [1.54, 1.807) is 24.3 Å². The summed E-state index contributed by atoms with van der Waals surface area (Å²) in [6, 6.07) is 11.5. The Hall–Kier alpha value is -3.16. The van der Waals surface area contributed by atoms with Crippen LogP contribution >= 0.6 is 0 Å². The molecule has 4 rings (SSSR count). The van der Waals surface area contributed by atoms with Crippen LogP contribution in [0.4, 0.5) is 21.5 Å². The lowest BCUT2D eigenvalue weighted by atomic mass is 9.83. The lowest BCUT2D eigenvalue weighted by Gasteiger charge is -2.49. The van der Waals surface area contributed by atoms with E-state index >= 15 is 0 Å². The van der Waals surface area contributed by atoms with E-state index in [2.05, 4.69) is 10.2 Å². The fraction of sp³-hybridized carbons (Fsp3) is 0.435. The van der Waals surface area contributed by atoms with E-state index in [1.807, 2.05) is 24.8 Å². The second-order valence-electron chi connectivity index (χ2n) is 8.36. The Morgan fingerprint density at radius 3 is 2.74 bits per heavy atom.